The molecule has 0 bridgehead atoms. The van der Waals surface area contributed by atoms with Crippen LogP contribution >= 0.6 is 0 Å². The molecule has 1 aromatic carbocycles. The van der Waals surface area contributed by atoms with Gasteiger partial charge < -0.3 is 10.5 Å². The lowest BCUT2D eigenvalue weighted by atomic mass is 9.87. The Balaban J connectivity index is 1.78. The van der Waals surface area contributed by atoms with E-state index in [-0.39, 0.29) is 11.5 Å². The first-order valence-electron chi connectivity index (χ1n) is 8.73. The number of benzene rings is 1. The van der Waals surface area contributed by atoms with Gasteiger partial charge in [0.2, 0.25) is 0 Å². The van der Waals surface area contributed by atoms with Crippen molar-refractivity contribution >= 4 is 12.2 Å². The van der Waals surface area contributed by atoms with Crippen LogP contribution < -0.4 is 5.73 Å². The van der Waals surface area contributed by atoms with E-state index < -0.39 is 6.09 Å². The number of allylic oxidation sites excluding steroid dienone is 1. The molecule has 3 rings (SSSR count). The van der Waals surface area contributed by atoms with Gasteiger partial charge in [-0.1, -0.05) is 63.5 Å². The number of primary amides is 1. The van der Waals surface area contributed by atoms with Crippen LogP contribution in [0.2, 0.25) is 0 Å². The summed E-state index contributed by atoms with van der Waals surface area (Å²) in [7, 11) is 0. The molecule has 0 aliphatic heterocycles. The highest BCUT2D eigenvalue weighted by atomic mass is 16.6. The van der Waals surface area contributed by atoms with Gasteiger partial charge in [-0.15, -0.1) is 0 Å². The smallest absolute Gasteiger partial charge is 0.405 e. The lowest BCUT2D eigenvalue weighted by Crippen LogP contribution is -2.25. The van der Waals surface area contributed by atoms with Crippen LogP contribution in [0.3, 0.4) is 0 Å². The number of nitrogens with two attached hydrogens (primary N) is 1. The first kappa shape index (κ1) is 16.1. The largest absolute Gasteiger partial charge is 0.441 e. The number of hydrogen-bond donors (Lipinski definition) is 1. The van der Waals surface area contributed by atoms with Crippen molar-refractivity contribution < 1.29 is 9.53 Å². The highest BCUT2D eigenvalue weighted by Gasteiger charge is 2.41. The maximum Gasteiger partial charge on any atom is 0.405 e. The summed E-state index contributed by atoms with van der Waals surface area (Å²) in [6, 6.07) is 6.45. The lowest BCUT2D eigenvalue weighted by Gasteiger charge is -2.26. The third kappa shape index (κ3) is 3.60. The van der Waals surface area contributed by atoms with Crippen LogP contribution in [0.5, 0.6) is 0 Å². The molecule has 2 aliphatic rings. The fourth-order valence-electron chi connectivity index (χ4n) is 4.06. The minimum absolute atomic E-state index is 0.108. The molecular weight excluding hydrogens is 286 g/mol. The van der Waals surface area contributed by atoms with E-state index in [1.165, 1.54) is 43.2 Å². The molecule has 2 aliphatic carbocycles. The summed E-state index contributed by atoms with van der Waals surface area (Å²) in [5, 5.41) is 0. The van der Waals surface area contributed by atoms with Crippen LogP contribution in [-0.2, 0) is 11.2 Å². The predicted molar refractivity (Wildman–Crippen MR) is 92.9 cm³/mol. The van der Waals surface area contributed by atoms with Gasteiger partial charge in [-0.3, -0.25) is 0 Å². The molecule has 0 aromatic heterocycles. The van der Waals surface area contributed by atoms with Gasteiger partial charge in [-0.25, -0.2) is 4.79 Å². The van der Waals surface area contributed by atoms with Crippen molar-refractivity contribution in [2.75, 3.05) is 0 Å². The molecule has 0 heterocycles. The van der Waals surface area contributed by atoms with E-state index in [9.17, 15) is 4.79 Å². The highest BCUT2D eigenvalue weighted by molar-refractivity contribution is 5.65. The predicted octanol–water partition coefficient (Wildman–Crippen LogP) is 5.00. The zero-order valence-electron chi connectivity index (χ0n) is 14.2. The summed E-state index contributed by atoms with van der Waals surface area (Å²) < 4.78 is 5.37. The van der Waals surface area contributed by atoms with E-state index in [1.54, 1.807) is 0 Å². The first-order valence-corrected chi connectivity index (χ1v) is 8.73. The summed E-state index contributed by atoms with van der Waals surface area (Å²) >= 11 is 0. The molecule has 3 nitrogen and oxygen atoms in total. The Kier molecular flexibility index (Phi) is 4.47. The molecular formula is C20H27NO2. The number of carbonyl (C=O) groups excluding carboxylic acids is 1. The molecule has 1 unspecified atom stereocenters. The second-order valence-electron chi connectivity index (χ2n) is 7.70. The Hall–Kier alpha value is -1.77. The van der Waals surface area contributed by atoms with E-state index in [4.69, 9.17) is 10.5 Å². The van der Waals surface area contributed by atoms with Crippen LogP contribution in [0.1, 0.15) is 68.7 Å². The van der Waals surface area contributed by atoms with Crippen molar-refractivity contribution in [3.05, 3.63) is 41.0 Å². The molecule has 1 saturated carbocycles. The molecule has 1 amide bonds. The maximum atomic E-state index is 11.2. The maximum absolute atomic E-state index is 11.2. The van der Waals surface area contributed by atoms with Gasteiger partial charge in [0.25, 0.3) is 0 Å². The summed E-state index contributed by atoms with van der Waals surface area (Å²) in [6.07, 6.45) is 11.4. The van der Waals surface area contributed by atoms with E-state index >= 15 is 0 Å². The minimum Gasteiger partial charge on any atom is -0.441 e. The molecule has 2 N–H and O–H groups in total. The topological polar surface area (TPSA) is 52.3 Å². The van der Waals surface area contributed by atoms with Crippen molar-refractivity contribution in [3.8, 4) is 0 Å². The van der Waals surface area contributed by atoms with Crippen molar-refractivity contribution in [1.29, 1.82) is 0 Å². The van der Waals surface area contributed by atoms with Crippen LogP contribution in [-0.4, -0.2) is 6.09 Å². The normalized spacial score (nSPS) is 23.8. The Morgan fingerprint density at radius 3 is 2.70 bits per heavy atom. The standard InChI is InChI=1S/C20H27NO2/c1-20(2)13-16-12-15(9-8-14-6-4-3-5-7-14)10-11-17(16)18(20)23-19(21)22/h8-12,14,18H,3-7,13H2,1-2H3,(H2,21,22)/b9-8+. The number of rotatable bonds is 3. The summed E-state index contributed by atoms with van der Waals surface area (Å²) in [5.74, 6) is 0.736. The van der Waals surface area contributed by atoms with Crippen molar-refractivity contribution in [3.63, 3.8) is 0 Å². The zero-order valence-corrected chi connectivity index (χ0v) is 14.2. The van der Waals surface area contributed by atoms with Crippen LogP contribution in [0, 0.1) is 11.3 Å². The van der Waals surface area contributed by atoms with Crippen molar-refractivity contribution in [2.24, 2.45) is 17.1 Å². The van der Waals surface area contributed by atoms with Gasteiger partial charge in [0.1, 0.15) is 6.10 Å². The molecule has 23 heavy (non-hydrogen) atoms. The monoisotopic (exact) mass is 313 g/mol. The van der Waals surface area contributed by atoms with E-state index in [1.807, 2.05) is 0 Å². The number of amides is 1. The summed E-state index contributed by atoms with van der Waals surface area (Å²) in [6.45, 7) is 4.25. The number of hydrogen-bond acceptors (Lipinski definition) is 2. The molecule has 1 atom stereocenters. The average molecular weight is 313 g/mol. The average Bonchev–Trinajstić information content (AvgIpc) is 2.75. The van der Waals surface area contributed by atoms with Gasteiger partial charge in [0, 0.05) is 5.41 Å². The lowest BCUT2D eigenvalue weighted by molar-refractivity contribution is 0.0392. The second kappa shape index (κ2) is 6.38. The van der Waals surface area contributed by atoms with Crippen molar-refractivity contribution in [2.45, 2.75) is 58.5 Å². The molecule has 1 fully saturated rings. The summed E-state index contributed by atoms with van der Waals surface area (Å²) in [4.78, 5) is 11.2. The Bertz CT molecular complexity index is 612. The van der Waals surface area contributed by atoms with E-state index in [0.29, 0.717) is 0 Å². The first-order chi connectivity index (χ1) is 11.0. The van der Waals surface area contributed by atoms with Crippen LogP contribution in [0.15, 0.2) is 24.3 Å². The van der Waals surface area contributed by atoms with Crippen molar-refractivity contribution in [1.82, 2.24) is 0 Å². The third-order valence-electron chi connectivity index (χ3n) is 5.25. The Morgan fingerprint density at radius 1 is 1.26 bits per heavy atom. The minimum atomic E-state index is -0.697. The van der Waals surface area contributed by atoms with E-state index in [2.05, 4.69) is 44.2 Å². The highest BCUT2D eigenvalue weighted by Crippen LogP contribution is 2.47. The van der Waals surface area contributed by atoms with E-state index in [0.717, 1.165) is 17.9 Å². The molecule has 124 valence electrons. The zero-order chi connectivity index (χ0) is 16.4. The Labute approximate surface area is 138 Å². The quantitative estimate of drug-likeness (QED) is 0.853. The van der Waals surface area contributed by atoms with Crippen LogP contribution in [0.25, 0.3) is 6.08 Å². The third-order valence-corrected chi connectivity index (χ3v) is 5.25. The SMILES string of the molecule is CC1(C)Cc2cc(/C=C/C3CCCCC3)ccc2C1OC(N)=O. The van der Waals surface area contributed by atoms with Gasteiger partial charge in [0.05, 0.1) is 0 Å². The molecule has 1 aromatic rings. The summed E-state index contributed by atoms with van der Waals surface area (Å²) in [5.41, 5.74) is 8.74. The van der Waals surface area contributed by atoms with Gasteiger partial charge >= 0.3 is 6.09 Å². The van der Waals surface area contributed by atoms with Gasteiger partial charge in [0.15, 0.2) is 0 Å². The fraction of sp³-hybridized carbons (Fsp3) is 0.550. The number of fused-ring (bicyclic) bond motifs is 1. The molecule has 3 heteroatoms. The molecule has 0 saturated heterocycles. The molecule has 0 radical (unpaired) electrons. The van der Waals surface area contributed by atoms with Crippen LogP contribution in [0.4, 0.5) is 4.79 Å². The van der Waals surface area contributed by atoms with Gasteiger partial charge in [-0.2, -0.15) is 0 Å². The Morgan fingerprint density at radius 2 is 2.00 bits per heavy atom. The number of carbonyl (C=O) groups is 1. The second-order valence-corrected chi connectivity index (χ2v) is 7.70. The van der Waals surface area contributed by atoms with Gasteiger partial charge in [-0.05, 0) is 41.9 Å². The molecule has 0 spiro atoms. The fourth-order valence-corrected chi connectivity index (χ4v) is 4.06. The number of ether oxygens (including phenoxy) is 1.